The number of rotatable bonds is 4. The van der Waals surface area contributed by atoms with Crippen LogP contribution in [0.1, 0.15) is 10.4 Å². The van der Waals surface area contributed by atoms with Gasteiger partial charge in [0.25, 0.3) is 0 Å². The Hall–Kier alpha value is -1.65. The summed E-state index contributed by atoms with van der Waals surface area (Å²) >= 11 is 11.5. The maximum Gasteiger partial charge on any atom is 0.200 e. The van der Waals surface area contributed by atoms with Crippen molar-refractivity contribution in [3.8, 4) is 5.75 Å². The summed E-state index contributed by atoms with van der Waals surface area (Å²) in [5.74, 6) is -2.91. The third kappa shape index (κ3) is 3.26. The summed E-state index contributed by atoms with van der Waals surface area (Å²) in [6.45, 7) is -0.432. The lowest BCUT2D eigenvalue weighted by Gasteiger charge is -2.07. The van der Waals surface area contributed by atoms with Crippen LogP contribution >= 0.6 is 23.2 Å². The normalized spacial score (nSPS) is 10.4. The molecule has 0 aliphatic carbocycles. The highest BCUT2D eigenvalue weighted by atomic mass is 35.5. The smallest absolute Gasteiger partial charge is 0.200 e. The third-order valence-corrected chi connectivity index (χ3v) is 3.26. The second-order valence-electron chi connectivity index (χ2n) is 3.89. The largest absolute Gasteiger partial charge is 0.482 e. The second kappa shape index (κ2) is 6.20. The molecule has 0 aliphatic heterocycles. The van der Waals surface area contributed by atoms with Crippen molar-refractivity contribution in [2.24, 2.45) is 0 Å². The van der Waals surface area contributed by atoms with Gasteiger partial charge in [0, 0.05) is 5.56 Å². The first-order valence-electron chi connectivity index (χ1n) is 5.54. The fourth-order valence-corrected chi connectivity index (χ4v) is 1.79. The summed E-state index contributed by atoms with van der Waals surface area (Å²) in [6.07, 6.45) is 0. The highest BCUT2D eigenvalue weighted by molar-refractivity contribution is 6.42. The molecule has 2 nitrogen and oxygen atoms in total. The van der Waals surface area contributed by atoms with Crippen molar-refractivity contribution in [2.75, 3.05) is 6.61 Å². The van der Waals surface area contributed by atoms with Crippen LogP contribution in [0.4, 0.5) is 8.78 Å². The standard InChI is InChI=1S/C14H8Cl2F2O2/c15-9-5-4-8(6-10(9)16)12(19)7-20-13-3-1-2-11(17)14(13)18/h1-6H,7H2. The Kier molecular flexibility index (Phi) is 4.57. The van der Waals surface area contributed by atoms with Crippen LogP contribution in [-0.4, -0.2) is 12.4 Å². The summed E-state index contributed by atoms with van der Waals surface area (Å²) in [5.41, 5.74) is 0.274. The van der Waals surface area contributed by atoms with Crippen LogP contribution in [0.5, 0.6) is 5.75 Å². The van der Waals surface area contributed by atoms with Crippen molar-refractivity contribution in [3.05, 3.63) is 63.6 Å². The molecule has 0 spiro atoms. The Labute approximate surface area is 123 Å². The molecule has 6 heteroatoms. The van der Waals surface area contributed by atoms with E-state index in [1.54, 1.807) is 0 Å². The number of ketones is 1. The monoisotopic (exact) mass is 316 g/mol. The zero-order chi connectivity index (χ0) is 14.7. The molecule has 0 radical (unpaired) electrons. The summed E-state index contributed by atoms with van der Waals surface area (Å²) in [4.78, 5) is 11.8. The predicted octanol–water partition coefficient (Wildman–Crippen LogP) is 4.53. The van der Waals surface area contributed by atoms with E-state index < -0.39 is 24.0 Å². The molecule has 0 amide bonds. The molecule has 0 bridgehead atoms. The minimum atomic E-state index is -1.13. The number of hydrogen-bond acceptors (Lipinski definition) is 2. The van der Waals surface area contributed by atoms with E-state index in [0.29, 0.717) is 5.02 Å². The molecule has 0 saturated carbocycles. The molecule has 0 unspecified atom stereocenters. The Morgan fingerprint density at radius 3 is 2.55 bits per heavy atom. The third-order valence-electron chi connectivity index (χ3n) is 2.52. The van der Waals surface area contributed by atoms with E-state index in [4.69, 9.17) is 27.9 Å². The van der Waals surface area contributed by atoms with Crippen LogP contribution in [0.3, 0.4) is 0 Å². The van der Waals surface area contributed by atoms with Gasteiger partial charge in [0.15, 0.2) is 24.0 Å². The van der Waals surface area contributed by atoms with Crippen molar-refractivity contribution in [1.29, 1.82) is 0 Å². The van der Waals surface area contributed by atoms with Crippen molar-refractivity contribution in [1.82, 2.24) is 0 Å². The zero-order valence-corrected chi connectivity index (χ0v) is 11.5. The van der Waals surface area contributed by atoms with Crippen molar-refractivity contribution >= 4 is 29.0 Å². The van der Waals surface area contributed by atoms with Gasteiger partial charge < -0.3 is 4.74 Å². The highest BCUT2D eigenvalue weighted by Crippen LogP contribution is 2.23. The molecule has 0 heterocycles. The van der Waals surface area contributed by atoms with Gasteiger partial charge in [-0.1, -0.05) is 29.3 Å². The molecule has 0 atom stereocenters. The molecule has 0 saturated heterocycles. The molecular formula is C14H8Cl2F2O2. The molecule has 0 N–H and O–H groups in total. The van der Waals surface area contributed by atoms with E-state index >= 15 is 0 Å². The fourth-order valence-electron chi connectivity index (χ4n) is 1.49. The first-order chi connectivity index (χ1) is 9.49. The van der Waals surface area contributed by atoms with E-state index in [1.165, 1.54) is 30.3 Å². The van der Waals surface area contributed by atoms with Crippen LogP contribution in [0.2, 0.25) is 10.0 Å². The zero-order valence-electron chi connectivity index (χ0n) is 10.00. The SMILES string of the molecule is O=C(COc1cccc(F)c1F)c1ccc(Cl)c(Cl)c1. The van der Waals surface area contributed by atoms with Crippen molar-refractivity contribution in [3.63, 3.8) is 0 Å². The molecule has 20 heavy (non-hydrogen) atoms. The van der Waals surface area contributed by atoms with Crippen molar-refractivity contribution in [2.45, 2.75) is 0 Å². The molecule has 2 aromatic carbocycles. The number of ether oxygens (including phenoxy) is 1. The van der Waals surface area contributed by atoms with Gasteiger partial charge in [0.05, 0.1) is 10.0 Å². The van der Waals surface area contributed by atoms with Gasteiger partial charge in [-0.25, -0.2) is 4.39 Å². The molecule has 0 aromatic heterocycles. The molecule has 2 rings (SSSR count). The highest BCUT2D eigenvalue weighted by Gasteiger charge is 2.12. The Morgan fingerprint density at radius 2 is 1.85 bits per heavy atom. The van der Waals surface area contributed by atoms with Crippen molar-refractivity contribution < 1.29 is 18.3 Å². The quantitative estimate of drug-likeness (QED) is 0.774. The first-order valence-corrected chi connectivity index (χ1v) is 6.29. The summed E-state index contributed by atoms with van der Waals surface area (Å²) < 4.78 is 31.2. The maximum absolute atomic E-state index is 13.3. The van der Waals surface area contributed by atoms with Crippen LogP contribution in [0.15, 0.2) is 36.4 Å². The van der Waals surface area contributed by atoms with Gasteiger partial charge in [0.2, 0.25) is 5.82 Å². The average molecular weight is 317 g/mol. The average Bonchev–Trinajstić information content (AvgIpc) is 2.43. The fraction of sp³-hybridized carbons (Fsp3) is 0.0714. The van der Waals surface area contributed by atoms with E-state index in [-0.39, 0.29) is 16.3 Å². The topological polar surface area (TPSA) is 26.3 Å². The molecule has 0 aliphatic rings. The van der Waals surface area contributed by atoms with Crippen LogP contribution < -0.4 is 4.74 Å². The summed E-state index contributed by atoms with van der Waals surface area (Å²) in [5, 5.41) is 0.551. The minimum absolute atomic E-state index is 0.231. The van der Waals surface area contributed by atoms with Crippen LogP contribution in [0.25, 0.3) is 0 Å². The van der Waals surface area contributed by atoms with E-state index in [2.05, 4.69) is 0 Å². The van der Waals surface area contributed by atoms with E-state index in [0.717, 1.165) is 6.07 Å². The Morgan fingerprint density at radius 1 is 1.10 bits per heavy atom. The predicted molar refractivity (Wildman–Crippen MR) is 72.6 cm³/mol. The number of benzene rings is 2. The number of Topliss-reactive ketones (excluding diaryl/α,β-unsaturated/α-hetero) is 1. The Bertz CT molecular complexity index is 660. The molecule has 104 valence electrons. The minimum Gasteiger partial charge on any atom is -0.482 e. The second-order valence-corrected chi connectivity index (χ2v) is 4.71. The Balaban J connectivity index is 2.08. The van der Waals surface area contributed by atoms with Gasteiger partial charge in [-0.2, -0.15) is 4.39 Å². The first kappa shape index (κ1) is 14.8. The van der Waals surface area contributed by atoms with E-state index in [1.807, 2.05) is 0 Å². The van der Waals surface area contributed by atoms with Crippen LogP contribution in [0, 0.1) is 11.6 Å². The maximum atomic E-state index is 13.3. The number of hydrogen-bond donors (Lipinski definition) is 0. The molecule has 0 fully saturated rings. The van der Waals surface area contributed by atoms with Gasteiger partial charge in [-0.3, -0.25) is 4.79 Å². The lowest BCUT2D eigenvalue weighted by molar-refractivity contribution is 0.0918. The summed E-state index contributed by atoms with van der Waals surface area (Å²) in [7, 11) is 0. The molecular weight excluding hydrogens is 309 g/mol. The lowest BCUT2D eigenvalue weighted by atomic mass is 10.1. The lowest BCUT2D eigenvalue weighted by Crippen LogP contribution is -2.12. The number of carbonyl (C=O) groups is 1. The summed E-state index contributed by atoms with van der Waals surface area (Å²) in [6, 6.07) is 7.82. The van der Waals surface area contributed by atoms with Gasteiger partial charge in [-0.05, 0) is 30.3 Å². The molecule has 2 aromatic rings. The van der Waals surface area contributed by atoms with Gasteiger partial charge >= 0.3 is 0 Å². The van der Waals surface area contributed by atoms with E-state index in [9.17, 15) is 13.6 Å². The van der Waals surface area contributed by atoms with Gasteiger partial charge in [-0.15, -0.1) is 0 Å². The number of halogens is 4. The number of carbonyl (C=O) groups excluding carboxylic acids is 1. The van der Waals surface area contributed by atoms with Crippen LogP contribution in [-0.2, 0) is 0 Å². The van der Waals surface area contributed by atoms with Gasteiger partial charge in [0.1, 0.15) is 0 Å².